The highest BCUT2D eigenvalue weighted by Gasteiger charge is 2.22. The third-order valence-electron chi connectivity index (χ3n) is 2.30. The molecule has 0 spiro atoms. The van der Waals surface area contributed by atoms with Crippen LogP contribution in [0.5, 0.6) is 11.5 Å². The van der Waals surface area contributed by atoms with Crippen LogP contribution in [0.3, 0.4) is 0 Å². The average molecular weight is 316 g/mol. The van der Waals surface area contributed by atoms with E-state index in [2.05, 4.69) is 15.9 Å². The molecule has 0 fully saturated rings. The molecule has 0 aliphatic carbocycles. The number of methoxy groups -OCH3 is 1. The fourth-order valence-corrected chi connectivity index (χ4v) is 2.27. The normalized spacial score (nSPS) is 10.1. The van der Waals surface area contributed by atoms with Crippen molar-refractivity contribution in [2.45, 2.75) is 20.4 Å². The van der Waals surface area contributed by atoms with Gasteiger partial charge in [0.25, 0.3) is 0 Å². The lowest BCUT2D eigenvalue weighted by atomic mass is 10.1. The Morgan fingerprint density at radius 2 is 2.00 bits per heavy atom. The van der Waals surface area contributed by atoms with Gasteiger partial charge in [-0.05, 0) is 34.5 Å². The summed E-state index contributed by atoms with van der Waals surface area (Å²) in [5.41, 5.74) is 6.55. The molecule has 2 N–H and O–H groups in total. The molecule has 0 unspecified atom stereocenters. The van der Waals surface area contributed by atoms with Crippen molar-refractivity contribution >= 4 is 27.7 Å². The molecule has 0 bridgehead atoms. The van der Waals surface area contributed by atoms with Crippen LogP contribution < -0.4 is 15.2 Å². The van der Waals surface area contributed by atoms with Crippen molar-refractivity contribution in [3.8, 4) is 11.5 Å². The van der Waals surface area contributed by atoms with Crippen LogP contribution >= 0.6 is 15.9 Å². The van der Waals surface area contributed by atoms with Crippen LogP contribution in [-0.2, 0) is 11.3 Å². The van der Waals surface area contributed by atoms with Crippen LogP contribution in [0.15, 0.2) is 10.5 Å². The van der Waals surface area contributed by atoms with Gasteiger partial charge in [0.1, 0.15) is 0 Å². The Hall–Kier alpha value is -1.40. The molecule has 0 aliphatic heterocycles. The van der Waals surface area contributed by atoms with Gasteiger partial charge in [-0.2, -0.15) is 0 Å². The zero-order valence-corrected chi connectivity index (χ0v) is 12.0. The fraction of sp³-hybridized carbons (Fsp3) is 0.333. The summed E-state index contributed by atoms with van der Waals surface area (Å²) in [5, 5.41) is 0. The number of benzene rings is 1. The number of carbonyl (C=O) groups is 2. The Balaban J connectivity index is 3.58. The number of hydrogen-bond acceptors (Lipinski definition) is 5. The highest BCUT2D eigenvalue weighted by atomic mass is 79.9. The zero-order chi connectivity index (χ0) is 13.9. The van der Waals surface area contributed by atoms with Gasteiger partial charge in [0.05, 0.1) is 12.7 Å². The average Bonchev–Trinajstić information content (AvgIpc) is 2.28. The molecule has 0 aliphatic rings. The van der Waals surface area contributed by atoms with Gasteiger partial charge in [0, 0.05) is 17.9 Å². The van der Waals surface area contributed by atoms with Crippen LogP contribution in [0.1, 0.15) is 29.8 Å². The lowest BCUT2D eigenvalue weighted by Gasteiger charge is -2.15. The molecule has 1 aromatic rings. The number of halogens is 1. The smallest absolute Gasteiger partial charge is 0.308 e. The van der Waals surface area contributed by atoms with E-state index in [1.807, 2.05) is 0 Å². The monoisotopic (exact) mass is 315 g/mol. The first-order valence-corrected chi connectivity index (χ1v) is 6.00. The van der Waals surface area contributed by atoms with E-state index in [0.29, 0.717) is 15.8 Å². The number of ketones is 1. The second-order valence-electron chi connectivity index (χ2n) is 3.61. The van der Waals surface area contributed by atoms with E-state index in [0.717, 1.165) is 0 Å². The van der Waals surface area contributed by atoms with E-state index in [-0.39, 0.29) is 23.6 Å². The predicted molar refractivity (Wildman–Crippen MR) is 69.9 cm³/mol. The van der Waals surface area contributed by atoms with Gasteiger partial charge in [-0.1, -0.05) is 0 Å². The van der Waals surface area contributed by atoms with Gasteiger partial charge in [-0.3, -0.25) is 9.59 Å². The standard InChI is InChI=1S/C12H14BrNO4/c1-6(15)10-11(13)8(5-14)4-9(17-3)12(10)18-7(2)16/h4H,5,14H2,1-3H3. The van der Waals surface area contributed by atoms with Crippen molar-refractivity contribution in [3.63, 3.8) is 0 Å². The van der Waals surface area contributed by atoms with Gasteiger partial charge < -0.3 is 15.2 Å². The maximum absolute atomic E-state index is 11.7. The maximum Gasteiger partial charge on any atom is 0.308 e. The van der Waals surface area contributed by atoms with Gasteiger partial charge in [0.15, 0.2) is 17.3 Å². The summed E-state index contributed by atoms with van der Waals surface area (Å²) < 4.78 is 10.7. The minimum absolute atomic E-state index is 0.113. The Labute approximate surface area is 113 Å². The summed E-state index contributed by atoms with van der Waals surface area (Å²) in [6.45, 7) is 2.87. The fourth-order valence-electron chi connectivity index (χ4n) is 1.53. The van der Waals surface area contributed by atoms with E-state index in [1.54, 1.807) is 6.07 Å². The molecule has 6 heteroatoms. The molecular formula is C12H14BrNO4. The van der Waals surface area contributed by atoms with E-state index >= 15 is 0 Å². The highest BCUT2D eigenvalue weighted by molar-refractivity contribution is 9.10. The molecule has 0 atom stereocenters. The minimum Gasteiger partial charge on any atom is -0.493 e. The molecular weight excluding hydrogens is 302 g/mol. The van der Waals surface area contributed by atoms with E-state index in [4.69, 9.17) is 15.2 Å². The van der Waals surface area contributed by atoms with Crippen LogP contribution in [0, 0.1) is 0 Å². The number of Topliss-reactive ketones (excluding diaryl/α,β-unsaturated/α-hetero) is 1. The molecule has 0 aromatic heterocycles. The molecule has 18 heavy (non-hydrogen) atoms. The van der Waals surface area contributed by atoms with Crippen molar-refractivity contribution in [1.29, 1.82) is 0 Å². The van der Waals surface area contributed by atoms with E-state index < -0.39 is 5.97 Å². The number of esters is 1. The van der Waals surface area contributed by atoms with E-state index in [9.17, 15) is 9.59 Å². The molecule has 0 radical (unpaired) electrons. The zero-order valence-electron chi connectivity index (χ0n) is 10.4. The molecule has 0 heterocycles. The van der Waals surface area contributed by atoms with Crippen LogP contribution in [-0.4, -0.2) is 18.9 Å². The lowest BCUT2D eigenvalue weighted by molar-refractivity contribution is -0.132. The minimum atomic E-state index is -0.525. The Morgan fingerprint density at radius 3 is 2.39 bits per heavy atom. The second-order valence-corrected chi connectivity index (χ2v) is 4.40. The van der Waals surface area contributed by atoms with Crippen LogP contribution in [0.4, 0.5) is 0 Å². The van der Waals surface area contributed by atoms with Gasteiger partial charge >= 0.3 is 5.97 Å². The summed E-state index contributed by atoms with van der Waals surface area (Å²) in [6.07, 6.45) is 0. The van der Waals surface area contributed by atoms with Crippen molar-refractivity contribution in [2.75, 3.05) is 7.11 Å². The third-order valence-corrected chi connectivity index (χ3v) is 3.20. The molecule has 0 amide bonds. The van der Waals surface area contributed by atoms with Gasteiger partial charge in [-0.25, -0.2) is 0 Å². The van der Waals surface area contributed by atoms with Crippen molar-refractivity contribution in [1.82, 2.24) is 0 Å². The first-order valence-electron chi connectivity index (χ1n) is 5.21. The first-order chi connectivity index (χ1) is 8.42. The number of ether oxygens (including phenoxy) is 2. The summed E-state index contributed by atoms with van der Waals surface area (Å²) in [4.78, 5) is 22.8. The highest BCUT2D eigenvalue weighted by Crippen LogP contribution is 2.39. The molecule has 1 aromatic carbocycles. The van der Waals surface area contributed by atoms with E-state index in [1.165, 1.54) is 21.0 Å². The van der Waals surface area contributed by atoms with Crippen LogP contribution in [0.25, 0.3) is 0 Å². The van der Waals surface area contributed by atoms with Crippen molar-refractivity contribution in [3.05, 3.63) is 21.7 Å². The number of carbonyl (C=O) groups excluding carboxylic acids is 2. The van der Waals surface area contributed by atoms with Gasteiger partial charge in [-0.15, -0.1) is 0 Å². The third kappa shape index (κ3) is 2.88. The maximum atomic E-state index is 11.7. The Bertz CT molecular complexity index is 499. The van der Waals surface area contributed by atoms with Crippen LogP contribution in [0.2, 0.25) is 0 Å². The van der Waals surface area contributed by atoms with Crippen molar-refractivity contribution < 1.29 is 19.1 Å². The SMILES string of the molecule is COc1cc(CN)c(Br)c(C(C)=O)c1OC(C)=O. The Kier molecular flexibility index (Phi) is 4.86. The number of nitrogens with two attached hydrogens (primary N) is 1. The molecule has 0 saturated heterocycles. The summed E-state index contributed by atoms with van der Waals surface area (Å²) >= 11 is 3.30. The first kappa shape index (κ1) is 14.7. The Morgan fingerprint density at radius 1 is 1.39 bits per heavy atom. The molecule has 1 rings (SSSR count). The second kappa shape index (κ2) is 5.97. The molecule has 0 saturated carbocycles. The lowest BCUT2D eigenvalue weighted by Crippen LogP contribution is -2.11. The molecule has 5 nitrogen and oxygen atoms in total. The summed E-state index contributed by atoms with van der Waals surface area (Å²) in [6, 6.07) is 1.63. The quantitative estimate of drug-likeness (QED) is 0.522. The largest absolute Gasteiger partial charge is 0.493 e. The topological polar surface area (TPSA) is 78.6 Å². The summed E-state index contributed by atoms with van der Waals surface area (Å²) in [7, 11) is 1.43. The number of hydrogen-bond donors (Lipinski definition) is 1. The summed E-state index contributed by atoms with van der Waals surface area (Å²) in [5.74, 6) is -0.351. The molecule has 98 valence electrons. The number of rotatable bonds is 4. The predicted octanol–water partition coefficient (Wildman–Crippen LogP) is 2.04. The van der Waals surface area contributed by atoms with Crippen molar-refractivity contribution in [2.24, 2.45) is 5.73 Å². The van der Waals surface area contributed by atoms with Gasteiger partial charge in [0.2, 0.25) is 0 Å².